The van der Waals surface area contributed by atoms with Gasteiger partial charge in [0.1, 0.15) is 12.4 Å². The standard InChI is InChI=1S/C16H24N2O/c1-16(7-3-9-18(16)2)12-19-15-5-4-13-6-8-17-11-14(13)10-15/h4-5,10,17H,3,6-9,11-12H2,1-2H3. The molecule has 1 unspecified atom stereocenters. The van der Waals surface area contributed by atoms with E-state index < -0.39 is 0 Å². The molecule has 1 atom stereocenters. The summed E-state index contributed by atoms with van der Waals surface area (Å²) in [5.74, 6) is 1.02. The van der Waals surface area contributed by atoms with Crippen LogP contribution in [0.3, 0.4) is 0 Å². The quantitative estimate of drug-likeness (QED) is 0.901. The first-order valence-electron chi connectivity index (χ1n) is 7.34. The summed E-state index contributed by atoms with van der Waals surface area (Å²) < 4.78 is 6.06. The molecule has 2 aliphatic heterocycles. The molecule has 1 N–H and O–H groups in total. The molecule has 0 aromatic heterocycles. The van der Waals surface area contributed by atoms with E-state index in [9.17, 15) is 0 Å². The molecule has 0 aliphatic carbocycles. The summed E-state index contributed by atoms with van der Waals surface area (Å²) in [4.78, 5) is 2.42. The van der Waals surface area contributed by atoms with E-state index in [4.69, 9.17) is 4.74 Å². The van der Waals surface area contributed by atoms with Gasteiger partial charge < -0.3 is 10.1 Å². The van der Waals surface area contributed by atoms with Crippen molar-refractivity contribution >= 4 is 0 Å². The van der Waals surface area contributed by atoms with Gasteiger partial charge in [-0.25, -0.2) is 0 Å². The fourth-order valence-electron chi connectivity index (χ4n) is 3.13. The molecule has 1 saturated heterocycles. The predicted molar refractivity (Wildman–Crippen MR) is 77.6 cm³/mol. The minimum absolute atomic E-state index is 0.203. The average molecular weight is 260 g/mol. The molecular formula is C16H24N2O. The highest BCUT2D eigenvalue weighted by molar-refractivity contribution is 5.37. The van der Waals surface area contributed by atoms with Crippen LogP contribution in [-0.4, -0.2) is 37.2 Å². The number of ether oxygens (including phenoxy) is 1. The van der Waals surface area contributed by atoms with E-state index in [0.717, 1.165) is 31.9 Å². The van der Waals surface area contributed by atoms with E-state index in [1.54, 1.807) is 0 Å². The van der Waals surface area contributed by atoms with Crippen molar-refractivity contribution in [3.05, 3.63) is 29.3 Å². The fourth-order valence-corrected chi connectivity index (χ4v) is 3.13. The average Bonchev–Trinajstić information content (AvgIpc) is 2.77. The van der Waals surface area contributed by atoms with Gasteiger partial charge in [0.2, 0.25) is 0 Å². The Kier molecular flexibility index (Phi) is 3.50. The minimum Gasteiger partial charge on any atom is -0.492 e. The molecule has 3 nitrogen and oxygen atoms in total. The van der Waals surface area contributed by atoms with Crippen LogP contribution < -0.4 is 10.1 Å². The zero-order chi connectivity index (χ0) is 13.3. The highest BCUT2D eigenvalue weighted by Gasteiger charge is 2.34. The summed E-state index contributed by atoms with van der Waals surface area (Å²) in [5.41, 5.74) is 3.07. The lowest BCUT2D eigenvalue weighted by molar-refractivity contribution is 0.114. The second-order valence-electron chi connectivity index (χ2n) is 6.17. The van der Waals surface area contributed by atoms with E-state index in [1.807, 2.05) is 0 Å². The van der Waals surface area contributed by atoms with Gasteiger partial charge in [-0.05, 0) is 69.6 Å². The third-order valence-electron chi connectivity index (χ3n) is 4.74. The first kappa shape index (κ1) is 12.9. The Labute approximate surface area is 115 Å². The van der Waals surface area contributed by atoms with E-state index in [0.29, 0.717) is 0 Å². The van der Waals surface area contributed by atoms with Crippen LogP contribution in [0.15, 0.2) is 18.2 Å². The van der Waals surface area contributed by atoms with Crippen LogP contribution in [0.25, 0.3) is 0 Å². The number of hydrogen-bond acceptors (Lipinski definition) is 3. The van der Waals surface area contributed by atoms with Crippen LogP contribution in [0.2, 0.25) is 0 Å². The summed E-state index contributed by atoms with van der Waals surface area (Å²) in [6.45, 7) is 6.35. The van der Waals surface area contributed by atoms with Gasteiger partial charge in [0, 0.05) is 6.54 Å². The Morgan fingerprint density at radius 2 is 2.26 bits per heavy atom. The smallest absolute Gasteiger partial charge is 0.119 e. The molecule has 3 rings (SSSR count). The topological polar surface area (TPSA) is 24.5 Å². The third-order valence-corrected chi connectivity index (χ3v) is 4.74. The van der Waals surface area contributed by atoms with Gasteiger partial charge >= 0.3 is 0 Å². The number of likely N-dealkylation sites (tertiary alicyclic amines) is 1. The molecule has 0 spiro atoms. The number of nitrogens with zero attached hydrogens (tertiary/aromatic N) is 1. The van der Waals surface area contributed by atoms with Crippen molar-refractivity contribution < 1.29 is 4.74 Å². The normalized spacial score (nSPS) is 27.3. The lowest BCUT2D eigenvalue weighted by atomic mass is 10.00. The number of hydrogen-bond donors (Lipinski definition) is 1. The van der Waals surface area contributed by atoms with Gasteiger partial charge in [0.15, 0.2) is 0 Å². The Hall–Kier alpha value is -1.06. The van der Waals surface area contributed by atoms with E-state index >= 15 is 0 Å². The van der Waals surface area contributed by atoms with Crippen LogP contribution in [0.1, 0.15) is 30.9 Å². The number of rotatable bonds is 3. The monoisotopic (exact) mass is 260 g/mol. The summed E-state index contributed by atoms with van der Waals surface area (Å²) in [5, 5.41) is 3.42. The van der Waals surface area contributed by atoms with Crippen molar-refractivity contribution in [3.63, 3.8) is 0 Å². The molecule has 0 radical (unpaired) electrons. The lowest BCUT2D eigenvalue weighted by Gasteiger charge is -2.32. The summed E-state index contributed by atoms with van der Waals surface area (Å²) in [7, 11) is 2.20. The Bertz CT molecular complexity index is 460. The maximum absolute atomic E-state index is 6.06. The van der Waals surface area contributed by atoms with Crippen LogP contribution >= 0.6 is 0 Å². The van der Waals surface area contributed by atoms with E-state index in [2.05, 4.69) is 42.4 Å². The van der Waals surface area contributed by atoms with Crippen molar-refractivity contribution in [1.29, 1.82) is 0 Å². The van der Waals surface area contributed by atoms with E-state index in [-0.39, 0.29) is 5.54 Å². The molecule has 0 saturated carbocycles. The molecule has 2 heterocycles. The SMILES string of the molecule is CN1CCCC1(C)COc1ccc2c(c1)CNCC2. The van der Waals surface area contributed by atoms with Gasteiger partial charge in [-0.2, -0.15) is 0 Å². The second kappa shape index (κ2) is 5.14. The lowest BCUT2D eigenvalue weighted by Crippen LogP contribution is -2.43. The Balaban J connectivity index is 1.67. The first-order chi connectivity index (χ1) is 9.17. The first-order valence-corrected chi connectivity index (χ1v) is 7.34. The summed E-state index contributed by atoms with van der Waals surface area (Å²) in [6, 6.07) is 6.56. The number of nitrogens with one attached hydrogen (secondary N) is 1. The number of likely N-dealkylation sites (N-methyl/N-ethyl adjacent to an activating group) is 1. The van der Waals surface area contributed by atoms with E-state index in [1.165, 1.54) is 30.5 Å². The van der Waals surface area contributed by atoms with Crippen LogP contribution in [0.4, 0.5) is 0 Å². The third kappa shape index (κ3) is 2.63. The van der Waals surface area contributed by atoms with Crippen LogP contribution in [0, 0.1) is 0 Å². The summed E-state index contributed by atoms with van der Waals surface area (Å²) in [6.07, 6.45) is 3.65. The van der Waals surface area contributed by atoms with Crippen molar-refractivity contribution in [3.8, 4) is 5.75 Å². The maximum Gasteiger partial charge on any atom is 0.119 e. The fraction of sp³-hybridized carbons (Fsp3) is 0.625. The zero-order valence-corrected chi connectivity index (χ0v) is 12.0. The highest BCUT2D eigenvalue weighted by atomic mass is 16.5. The Morgan fingerprint density at radius 1 is 1.37 bits per heavy atom. The Morgan fingerprint density at radius 3 is 3.05 bits per heavy atom. The van der Waals surface area contributed by atoms with Gasteiger partial charge in [-0.15, -0.1) is 0 Å². The molecule has 1 aromatic carbocycles. The van der Waals surface area contributed by atoms with Crippen molar-refractivity contribution in [2.45, 2.75) is 38.3 Å². The predicted octanol–water partition coefficient (Wildman–Crippen LogP) is 2.20. The molecule has 104 valence electrons. The van der Waals surface area contributed by atoms with Crippen molar-refractivity contribution in [2.75, 3.05) is 26.7 Å². The van der Waals surface area contributed by atoms with Gasteiger partial charge in [0.05, 0.1) is 5.54 Å². The van der Waals surface area contributed by atoms with Crippen molar-refractivity contribution in [1.82, 2.24) is 10.2 Å². The van der Waals surface area contributed by atoms with Crippen molar-refractivity contribution in [2.24, 2.45) is 0 Å². The minimum atomic E-state index is 0.203. The molecule has 0 amide bonds. The number of fused-ring (bicyclic) bond motifs is 1. The second-order valence-corrected chi connectivity index (χ2v) is 6.17. The van der Waals surface area contributed by atoms with Gasteiger partial charge in [-0.3, -0.25) is 4.90 Å². The number of benzene rings is 1. The van der Waals surface area contributed by atoms with Gasteiger partial charge in [0.25, 0.3) is 0 Å². The van der Waals surface area contributed by atoms with Gasteiger partial charge in [-0.1, -0.05) is 6.07 Å². The summed E-state index contributed by atoms with van der Waals surface area (Å²) >= 11 is 0. The molecular weight excluding hydrogens is 236 g/mol. The largest absolute Gasteiger partial charge is 0.492 e. The molecule has 1 fully saturated rings. The molecule has 0 bridgehead atoms. The van der Waals surface area contributed by atoms with Crippen LogP contribution in [-0.2, 0) is 13.0 Å². The molecule has 19 heavy (non-hydrogen) atoms. The molecule has 3 heteroatoms. The highest BCUT2D eigenvalue weighted by Crippen LogP contribution is 2.29. The maximum atomic E-state index is 6.06. The zero-order valence-electron chi connectivity index (χ0n) is 12.0. The van der Waals surface area contributed by atoms with Crippen LogP contribution in [0.5, 0.6) is 5.75 Å². The molecule has 2 aliphatic rings. The molecule has 1 aromatic rings.